The summed E-state index contributed by atoms with van der Waals surface area (Å²) in [5, 5.41) is 11.3. The molecule has 1 aliphatic rings. The van der Waals surface area contributed by atoms with Crippen LogP contribution in [0.1, 0.15) is 31.2 Å². The molecule has 1 aromatic rings. The van der Waals surface area contributed by atoms with Crippen molar-refractivity contribution in [1.82, 2.24) is 0 Å². The van der Waals surface area contributed by atoms with Crippen molar-refractivity contribution < 1.29 is 19.0 Å². The van der Waals surface area contributed by atoms with E-state index in [1.54, 1.807) is 13.2 Å². The van der Waals surface area contributed by atoms with Crippen LogP contribution in [0.2, 0.25) is 0 Å². The number of hydrogen-bond donors (Lipinski definition) is 2. The second-order valence-electron chi connectivity index (χ2n) is 5.12. The first-order valence-electron chi connectivity index (χ1n) is 6.83. The molecule has 0 radical (unpaired) electrons. The van der Waals surface area contributed by atoms with E-state index in [4.69, 9.17) is 9.84 Å². The van der Waals surface area contributed by atoms with Crippen LogP contribution >= 0.6 is 0 Å². The van der Waals surface area contributed by atoms with Crippen molar-refractivity contribution in [3.63, 3.8) is 0 Å². The fraction of sp³-hybridized carbons (Fsp3) is 0.438. The van der Waals surface area contributed by atoms with Crippen LogP contribution in [0, 0.1) is 17.7 Å². The Bertz CT molecular complexity index is 579. The number of hydrogen-bond acceptors (Lipinski definition) is 3. The maximum Gasteiger partial charge on any atom is 0.227 e. The number of rotatable bonds is 4. The molecule has 5 heteroatoms. The van der Waals surface area contributed by atoms with E-state index in [0.29, 0.717) is 5.69 Å². The minimum Gasteiger partial charge on any atom is -0.384 e. The Balaban J connectivity index is 1.99. The molecular weight excluding hydrogens is 273 g/mol. The van der Waals surface area contributed by atoms with Gasteiger partial charge in [-0.05, 0) is 37.5 Å². The molecule has 1 amide bonds. The summed E-state index contributed by atoms with van der Waals surface area (Å²) in [6, 6.07) is 4.28. The summed E-state index contributed by atoms with van der Waals surface area (Å²) < 4.78 is 19.1. The molecular formula is C16H18FNO3. The van der Waals surface area contributed by atoms with Crippen molar-refractivity contribution in [3.05, 3.63) is 29.6 Å². The van der Waals surface area contributed by atoms with Gasteiger partial charge in [-0.2, -0.15) is 0 Å². The fourth-order valence-electron chi connectivity index (χ4n) is 2.35. The molecule has 1 aliphatic carbocycles. The van der Waals surface area contributed by atoms with Crippen molar-refractivity contribution in [2.24, 2.45) is 0 Å². The van der Waals surface area contributed by atoms with Gasteiger partial charge >= 0.3 is 0 Å². The number of halogens is 1. The molecule has 4 nitrogen and oxygen atoms in total. The lowest BCUT2D eigenvalue weighted by Gasteiger charge is -2.39. The summed E-state index contributed by atoms with van der Waals surface area (Å²) in [5.41, 5.74) is 0.224. The lowest BCUT2D eigenvalue weighted by molar-refractivity contribution is -0.129. The number of aliphatic hydroxyl groups is 1. The Morgan fingerprint density at radius 3 is 2.81 bits per heavy atom. The molecule has 1 fully saturated rings. The first-order chi connectivity index (χ1) is 10.1. The maximum atomic E-state index is 13.7. The van der Waals surface area contributed by atoms with Crippen molar-refractivity contribution in [3.8, 4) is 11.8 Å². The number of aliphatic hydroxyl groups excluding tert-OH is 1. The molecule has 0 saturated heterocycles. The van der Waals surface area contributed by atoms with Crippen molar-refractivity contribution >= 4 is 11.6 Å². The Kier molecular flexibility index (Phi) is 4.94. The highest BCUT2D eigenvalue weighted by atomic mass is 19.1. The third kappa shape index (κ3) is 3.81. The molecule has 0 spiro atoms. The van der Waals surface area contributed by atoms with Crippen LogP contribution in [-0.2, 0) is 9.53 Å². The molecule has 2 N–H and O–H groups in total. The minimum atomic E-state index is -0.529. The van der Waals surface area contributed by atoms with Gasteiger partial charge in [-0.15, -0.1) is 0 Å². The summed E-state index contributed by atoms with van der Waals surface area (Å²) in [6.45, 7) is -0.322. The quantitative estimate of drug-likeness (QED) is 0.835. The number of ether oxygens (including phenoxy) is 1. The van der Waals surface area contributed by atoms with E-state index < -0.39 is 5.82 Å². The number of carbonyl (C=O) groups is 1. The SMILES string of the molecule is COC1(CC(=O)Nc2ccc(C#CCO)c(F)c2)CCC1. The summed E-state index contributed by atoms with van der Waals surface area (Å²) in [7, 11) is 1.61. The van der Waals surface area contributed by atoms with Crippen LogP contribution in [-0.4, -0.2) is 30.3 Å². The van der Waals surface area contributed by atoms with Crippen molar-refractivity contribution in [2.75, 3.05) is 19.0 Å². The standard InChI is InChI=1S/C16H18FNO3/c1-21-16(7-3-8-16)11-15(20)18-13-6-5-12(4-2-9-19)14(17)10-13/h5-6,10,19H,3,7-9,11H2,1H3,(H,18,20). The van der Waals surface area contributed by atoms with E-state index in [-0.39, 0.29) is 30.1 Å². The predicted octanol–water partition coefficient (Wildman–Crippen LogP) is 2.07. The average molecular weight is 291 g/mol. The third-order valence-corrected chi connectivity index (χ3v) is 3.74. The van der Waals surface area contributed by atoms with Gasteiger partial charge < -0.3 is 15.2 Å². The molecule has 1 saturated carbocycles. The summed E-state index contributed by atoms with van der Waals surface area (Å²) in [5.74, 6) is 4.16. The van der Waals surface area contributed by atoms with Gasteiger partial charge in [-0.25, -0.2) is 4.39 Å². The Labute approximate surface area is 123 Å². The van der Waals surface area contributed by atoms with Gasteiger partial charge in [0, 0.05) is 12.8 Å². The fourth-order valence-corrected chi connectivity index (χ4v) is 2.35. The summed E-state index contributed by atoms with van der Waals surface area (Å²) >= 11 is 0. The van der Waals surface area contributed by atoms with Gasteiger partial charge in [0.05, 0.1) is 17.6 Å². The smallest absolute Gasteiger partial charge is 0.227 e. The average Bonchev–Trinajstić information content (AvgIpc) is 2.42. The van der Waals surface area contributed by atoms with E-state index in [1.165, 1.54) is 12.1 Å². The summed E-state index contributed by atoms with van der Waals surface area (Å²) in [6.07, 6.45) is 3.09. The van der Waals surface area contributed by atoms with Gasteiger partial charge in [-0.1, -0.05) is 11.8 Å². The van der Waals surface area contributed by atoms with Crippen LogP contribution in [0.25, 0.3) is 0 Å². The van der Waals surface area contributed by atoms with Crippen LogP contribution in [0.5, 0.6) is 0 Å². The van der Waals surface area contributed by atoms with Crippen molar-refractivity contribution in [1.29, 1.82) is 0 Å². The monoisotopic (exact) mass is 291 g/mol. The molecule has 1 aromatic carbocycles. The van der Waals surface area contributed by atoms with Crippen LogP contribution < -0.4 is 5.32 Å². The van der Waals surface area contributed by atoms with E-state index in [9.17, 15) is 9.18 Å². The van der Waals surface area contributed by atoms with Gasteiger partial charge in [0.1, 0.15) is 12.4 Å². The molecule has 2 rings (SSSR count). The van der Waals surface area contributed by atoms with E-state index in [0.717, 1.165) is 19.3 Å². The number of nitrogens with one attached hydrogen (secondary N) is 1. The molecule has 0 aliphatic heterocycles. The first kappa shape index (κ1) is 15.5. The third-order valence-electron chi connectivity index (χ3n) is 3.74. The number of benzene rings is 1. The van der Waals surface area contributed by atoms with E-state index in [1.807, 2.05) is 0 Å². The maximum absolute atomic E-state index is 13.7. The molecule has 0 atom stereocenters. The second kappa shape index (κ2) is 6.70. The van der Waals surface area contributed by atoms with Gasteiger partial charge in [0.25, 0.3) is 0 Å². The Morgan fingerprint density at radius 1 is 1.52 bits per heavy atom. The molecule has 21 heavy (non-hydrogen) atoms. The first-order valence-corrected chi connectivity index (χ1v) is 6.83. The highest BCUT2D eigenvalue weighted by Crippen LogP contribution is 2.38. The Hall–Kier alpha value is -1.90. The second-order valence-corrected chi connectivity index (χ2v) is 5.12. The summed E-state index contributed by atoms with van der Waals surface area (Å²) in [4.78, 5) is 12.0. The molecule has 0 heterocycles. The number of anilines is 1. The van der Waals surface area contributed by atoms with Gasteiger partial charge in [0.15, 0.2) is 0 Å². The largest absolute Gasteiger partial charge is 0.384 e. The highest BCUT2D eigenvalue weighted by molar-refractivity contribution is 5.91. The molecule has 0 bridgehead atoms. The normalized spacial score (nSPS) is 15.6. The van der Waals surface area contributed by atoms with Crippen LogP contribution in [0.15, 0.2) is 18.2 Å². The predicted molar refractivity (Wildman–Crippen MR) is 77.2 cm³/mol. The zero-order chi connectivity index (χ0) is 15.3. The number of methoxy groups -OCH3 is 1. The molecule has 112 valence electrons. The van der Waals surface area contributed by atoms with Gasteiger partial charge in [-0.3, -0.25) is 4.79 Å². The zero-order valence-electron chi connectivity index (χ0n) is 11.9. The molecule has 0 unspecified atom stereocenters. The lowest BCUT2D eigenvalue weighted by Crippen LogP contribution is -2.42. The highest BCUT2D eigenvalue weighted by Gasteiger charge is 2.38. The van der Waals surface area contributed by atoms with Crippen molar-refractivity contribution in [2.45, 2.75) is 31.3 Å². The Morgan fingerprint density at radius 2 is 2.29 bits per heavy atom. The number of carbonyl (C=O) groups excluding carboxylic acids is 1. The van der Waals surface area contributed by atoms with Gasteiger partial charge in [0.2, 0.25) is 5.91 Å². The van der Waals surface area contributed by atoms with Crippen LogP contribution in [0.4, 0.5) is 10.1 Å². The zero-order valence-corrected chi connectivity index (χ0v) is 11.9. The topological polar surface area (TPSA) is 58.6 Å². The van der Waals surface area contributed by atoms with E-state index in [2.05, 4.69) is 17.2 Å². The van der Waals surface area contributed by atoms with E-state index >= 15 is 0 Å². The minimum absolute atomic E-state index is 0.189. The van der Waals surface area contributed by atoms with Crippen LogP contribution in [0.3, 0.4) is 0 Å². The number of amides is 1. The lowest BCUT2D eigenvalue weighted by atomic mass is 9.77. The molecule has 0 aromatic heterocycles.